The first-order chi connectivity index (χ1) is 14.2. The van der Waals surface area contributed by atoms with Gasteiger partial charge in [-0.25, -0.2) is 0 Å². The fourth-order valence-corrected chi connectivity index (χ4v) is 5.74. The number of aromatic nitrogens is 2. The molecule has 0 unspecified atom stereocenters. The molecule has 29 heavy (non-hydrogen) atoms. The molecular weight excluding hydrogens is 366 g/mol. The average Bonchev–Trinajstić information content (AvgIpc) is 3.07. The van der Waals surface area contributed by atoms with Crippen molar-refractivity contribution in [2.45, 2.75) is 56.1 Å². The Morgan fingerprint density at radius 3 is 3.00 bits per heavy atom. The minimum Gasteiger partial charge on any atom is -0.350 e. The number of H-pyrrole nitrogens is 1. The van der Waals surface area contributed by atoms with Crippen LogP contribution in [0.2, 0.25) is 0 Å². The Balaban J connectivity index is 1.29. The quantitative estimate of drug-likeness (QED) is 0.746. The maximum Gasteiger partial charge on any atom is 0.250 e. The molecule has 2 aromatic rings. The zero-order chi connectivity index (χ0) is 19.6. The van der Waals surface area contributed by atoms with Crippen LogP contribution in [0, 0.1) is 5.92 Å². The van der Waals surface area contributed by atoms with Gasteiger partial charge in [0, 0.05) is 23.2 Å². The molecule has 0 radical (unpaired) electrons. The lowest BCUT2D eigenvalue weighted by Crippen LogP contribution is -2.54. The van der Waals surface area contributed by atoms with Gasteiger partial charge in [0.15, 0.2) is 0 Å². The minimum atomic E-state index is -0.880. The number of rotatable bonds is 4. The van der Waals surface area contributed by atoms with Gasteiger partial charge in [-0.15, -0.1) is 0 Å². The zero-order valence-electron chi connectivity index (χ0n) is 16.3. The lowest BCUT2D eigenvalue weighted by molar-refractivity contribution is -0.137. The first-order valence-corrected chi connectivity index (χ1v) is 10.7. The van der Waals surface area contributed by atoms with E-state index in [4.69, 9.17) is 0 Å². The molecule has 7 heteroatoms. The number of anilines is 1. The van der Waals surface area contributed by atoms with E-state index in [1.54, 1.807) is 0 Å². The van der Waals surface area contributed by atoms with Crippen molar-refractivity contribution in [1.82, 2.24) is 20.4 Å². The summed E-state index contributed by atoms with van der Waals surface area (Å²) in [4.78, 5) is 29.0. The van der Waals surface area contributed by atoms with Crippen molar-refractivity contribution in [2.24, 2.45) is 5.92 Å². The second-order valence-corrected chi connectivity index (χ2v) is 8.85. The minimum absolute atomic E-state index is 0.0474. The third-order valence-electron chi connectivity index (χ3n) is 7.19. The summed E-state index contributed by atoms with van der Waals surface area (Å²) in [5, 5.41) is 13.5. The molecule has 6 rings (SSSR count). The van der Waals surface area contributed by atoms with Gasteiger partial charge in [-0.05, 0) is 50.8 Å². The van der Waals surface area contributed by atoms with E-state index in [-0.39, 0.29) is 23.8 Å². The van der Waals surface area contributed by atoms with Crippen LogP contribution < -0.4 is 10.6 Å². The third kappa shape index (κ3) is 2.43. The van der Waals surface area contributed by atoms with Crippen molar-refractivity contribution >= 4 is 17.5 Å². The van der Waals surface area contributed by atoms with Gasteiger partial charge < -0.3 is 10.6 Å². The van der Waals surface area contributed by atoms with Crippen LogP contribution in [0.25, 0.3) is 0 Å². The molecule has 3 fully saturated rings. The highest BCUT2D eigenvalue weighted by atomic mass is 16.2. The van der Waals surface area contributed by atoms with E-state index < -0.39 is 5.54 Å². The molecule has 2 saturated heterocycles. The first kappa shape index (κ1) is 17.2. The Kier molecular flexibility index (Phi) is 3.66. The molecule has 4 heterocycles. The number of benzene rings is 1. The van der Waals surface area contributed by atoms with Crippen LogP contribution in [0.5, 0.6) is 0 Å². The highest BCUT2D eigenvalue weighted by Crippen LogP contribution is 2.55. The van der Waals surface area contributed by atoms with Gasteiger partial charge in [0.05, 0.1) is 23.9 Å². The lowest BCUT2D eigenvalue weighted by atomic mass is 9.78. The summed E-state index contributed by atoms with van der Waals surface area (Å²) in [6, 6.07) is 10.2. The predicted octanol–water partition coefficient (Wildman–Crippen LogP) is 2.24. The molecule has 150 valence electrons. The van der Waals surface area contributed by atoms with Crippen LogP contribution in [0.15, 0.2) is 30.3 Å². The van der Waals surface area contributed by atoms with Crippen molar-refractivity contribution in [3.63, 3.8) is 0 Å². The summed E-state index contributed by atoms with van der Waals surface area (Å²) >= 11 is 0. The highest BCUT2D eigenvalue weighted by Gasteiger charge is 2.65. The first-order valence-electron chi connectivity index (χ1n) is 10.7. The van der Waals surface area contributed by atoms with Crippen LogP contribution in [-0.4, -0.2) is 39.5 Å². The second-order valence-electron chi connectivity index (χ2n) is 8.85. The normalized spacial score (nSPS) is 30.4. The number of hydrogen-bond acceptors (Lipinski definition) is 4. The number of aromatic amines is 1. The molecule has 1 spiro atoms. The summed E-state index contributed by atoms with van der Waals surface area (Å²) in [5.74, 6) is 0.0940. The third-order valence-corrected chi connectivity index (χ3v) is 7.19. The van der Waals surface area contributed by atoms with Crippen LogP contribution >= 0.6 is 0 Å². The number of fused-ring (bicyclic) bond motifs is 4. The molecule has 1 aliphatic carbocycles. The standard InChI is InChI=1S/C22H25N5O2/c28-20(23-12-14-10-19(26-25-14)13-7-8-13)17-11-15-4-3-9-27(15)22(17)16-5-1-2-6-18(16)24-21(22)29/h1-2,5-6,10,13,15,17H,3-4,7-9,11-12H2,(H,23,28)(H,24,29)(H,25,26)/t15-,17-,22+/m1/s1. The van der Waals surface area contributed by atoms with Gasteiger partial charge in [-0.3, -0.25) is 19.6 Å². The largest absolute Gasteiger partial charge is 0.350 e. The predicted molar refractivity (Wildman–Crippen MR) is 107 cm³/mol. The summed E-state index contributed by atoms with van der Waals surface area (Å²) in [5.41, 5.74) is 2.92. The van der Waals surface area contributed by atoms with Crippen molar-refractivity contribution in [1.29, 1.82) is 0 Å². The molecule has 0 bridgehead atoms. The zero-order valence-corrected chi connectivity index (χ0v) is 16.3. The van der Waals surface area contributed by atoms with Crippen molar-refractivity contribution in [2.75, 3.05) is 11.9 Å². The summed E-state index contributed by atoms with van der Waals surface area (Å²) in [6.07, 6.45) is 5.25. The maximum absolute atomic E-state index is 13.4. The molecule has 3 N–H and O–H groups in total. The van der Waals surface area contributed by atoms with Crippen LogP contribution in [0.4, 0.5) is 5.69 Å². The Morgan fingerprint density at radius 1 is 1.28 bits per heavy atom. The number of nitrogens with zero attached hydrogens (tertiary/aromatic N) is 2. The molecule has 3 aliphatic heterocycles. The van der Waals surface area contributed by atoms with Gasteiger partial charge in [-0.1, -0.05) is 18.2 Å². The maximum atomic E-state index is 13.4. The summed E-state index contributed by atoms with van der Waals surface area (Å²) < 4.78 is 0. The van der Waals surface area contributed by atoms with Crippen LogP contribution in [0.3, 0.4) is 0 Å². The number of hydrogen-bond donors (Lipinski definition) is 3. The van der Waals surface area contributed by atoms with E-state index in [9.17, 15) is 9.59 Å². The molecule has 1 aromatic heterocycles. The van der Waals surface area contributed by atoms with Crippen molar-refractivity contribution in [3.8, 4) is 0 Å². The number of carbonyl (C=O) groups excluding carboxylic acids is 2. The number of nitrogens with one attached hydrogen (secondary N) is 3. The summed E-state index contributed by atoms with van der Waals surface area (Å²) in [7, 11) is 0. The van der Waals surface area contributed by atoms with E-state index in [1.807, 2.05) is 24.3 Å². The Labute approximate surface area is 169 Å². The van der Waals surface area contributed by atoms with Crippen molar-refractivity contribution in [3.05, 3.63) is 47.3 Å². The van der Waals surface area contributed by atoms with E-state index >= 15 is 0 Å². The van der Waals surface area contributed by atoms with Gasteiger partial charge in [0.25, 0.3) is 0 Å². The topological polar surface area (TPSA) is 90.1 Å². The molecular formula is C22H25N5O2. The molecule has 7 nitrogen and oxygen atoms in total. The van der Waals surface area contributed by atoms with Gasteiger partial charge >= 0.3 is 0 Å². The van der Waals surface area contributed by atoms with E-state index in [0.717, 1.165) is 48.4 Å². The smallest absolute Gasteiger partial charge is 0.250 e. The van der Waals surface area contributed by atoms with Gasteiger partial charge in [-0.2, -0.15) is 5.10 Å². The SMILES string of the molecule is O=C(NCc1cc(C2CC2)n[nH]1)[C@H]1C[C@H]2CCCN2[C@]12C(=O)Nc1ccccc12. The molecule has 3 atom stereocenters. The lowest BCUT2D eigenvalue weighted by Gasteiger charge is -2.36. The van der Waals surface area contributed by atoms with E-state index in [0.29, 0.717) is 12.5 Å². The number of carbonyl (C=O) groups is 2. The van der Waals surface area contributed by atoms with Gasteiger partial charge in [0.2, 0.25) is 11.8 Å². The fraction of sp³-hybridized carbons (Fsp3) is 0.500. The average molecular weight is 391 g/mol. The van der Waals surface area contributed by atoms with E-state index in [2.05, 4.69) is 31.8 Å². The summed E-state index contributed by atoms with van der Waals surface area (Å²) in [6.45, 7) is 1.28. The van der Waals surface area contributed by atoms with E-state index in [1.165, 1.54) is 12.8 Å². The van der Waals surface area contributed by atoms with Gasteiger partial charge in [0.1, 0.15) is 5.54 Å². The van der Waals surface area contributed by atoms with Crippen molar-refractivity contribution < 1.29 is 9.59 Å². The molecule has 2 amide bonds. The molecule has 1 saturated carbocycles. The number of para-hydroxylation sites is 1. The molecule has 1 aromatic carbocycles. The highest BCUT2D eigenvalue weighted by molar-refractivity contribution is 6.09. The fourth-order valence-electron chi connectivity index (χ4n) is 5.74. The Morgan fingerprint density at radius 2 is 2.14 bits per heavy atom. The monoisotopic (exact) mass is 391 g/mol. The number of amides is 2. The van der Waals surface area contributed by atoms with Crippen LogP contribution in [0.1, 0.15) is 55.0 Å². The molecule has 4 aliphatic rings. The Hall–Kier alpha value is -2.67. The second kappa shape index (κ2) is 6.16. The Bertz CT molecular complexity index is 997. The van der Waals surface area contributed by atoms with Crippen LogP contribution in [-0.2, 0) is 21.7 Å².